The molecule has 1 aromatic heterocycles. The van der Waals surface area contributed by atoms with Crippen LogP contribution in [0.5, 0.6) is 0 Å². The highest BCUT2D eigenvalue weighted by atomic mass is 16.5. The first kappa shape index (κ1) is 17.7. The Bertz CT molecular complexity index is 583. The van der Waals surface area contributed by atoms with Gasteiger partial charge >= 0.3 is 0 Å². The first-order valence-corrected chi connectivity index (χ1v) is 8.24. The summed E-state index contributed by atoms with van der Waals surface area (Å²) in [6, 6.07) is 3.42. The summed E-state index contributed by atoms with van der Waals surface area (Å²) in [5.74, 6) is 0.373. The number of likely N-dealkylation sites (tertiary alicyclic amines) is 1. The van der Waals surface area contributed by atoms with Gasteiger partial charge in [-0.25, -0.2) is 0 Å². The molecule has 6 heteroatoms. The maximum Gasteiger partial charge on any atom is 0.261 e. The Kier molecular flexibility index (Phi) is 6.36. The van der Waals surface area contributed by atoms with Crippen LogP contribution in [-0.2, 0) is 4.74 Å². The molecule has 0 spiro atoms. The monoisotopic (exact) mass is 321 g/mol. The Morgan fingerprint density at radius 1 is 1.48 bits per heavy atom. The fourth-order valence-electron chi connectivity index (χ4n) is 2.84. The number of rotatable bonds is 7. The number of methoxy groups -OCH3 is 1. The number of nitrogens with zero attached hydrogens (tertiary/aromatic N) is 1. The Morgan fingerprint density at radius 3 is 2.91 bits per heavy atom. The van der Waals surface area contributed by atoms with Crippen molar-refractivity contribution < 1.29 is 9.53 Å². The minimum atomic E-state index is -0.318. The van der Waals surface area contributed by atoms with Gasteiger partial charge in [-0.15, -0.1) is 0 Å². The average Bonchev–Trinajstić information content (AvgIpc) is 2.98. The summed E-state index contributed by atoms with van der Waals surface area (Å²) in [6.07, 6.45) is 1.06. The molecule has 1 amide bonds. The van der Waals surface area contributed by atoms with Gasteiger partial charge in [0.05, 0.1) is 6.61 Å². The third kappa shape index (κ3) is 4.91. The zero-order valence-corrected chi connectivity index (χ0v) is 14.2. The second-order valence-electron chi connectivity index (χ2n) is 6.47. The summed E-state index contributed by atoms with van der Waals surface area (Å²) in [6.45, 7) is 8.27. The van der Waals surface area contributed by atoms with Crippen molar-refractivity contribution >= 4 is 5.91 Å². The van der Waals surface area contributed by atoms with Crippen LogP contribution in [0.1, 0.15) is 42.2 Å². The third-order valence-corrected chi connectivity index (χ3v) is 4.33. The van der Waals surface area contributed by atoms with Crippen molar-refractivity contribution in [3.63, 3.8) is 0 Å². The van der Waals surface area contributed by atoms with Gasteiger partial charge in [0, 0.05) is 32.4 Å². The molecule has 1 fully saturated rings. The zero-order valence-electron chi connectivity index (χ0n) is 14.2. The van der Waals surface area contributed by atoms with Crippen molar-refractivity contribution in [3.8, 4) is 0 Å². The van der Waals surface area contributed by atoms with Gasteiger partial charge in [0.25, 0.3) is 11.5 Å². The lowest BCUT2D eigenvalue weighted by atomic mass is 10.1. The number of hydrogen-bond acceptors (Lipinski definition) is 4. The highest BCUT2D eigenvalue weighted by molar-refractivity contribution is 5.93. The molecule has 1 aliphatic rings. The molecule has 1 atom stereocenters. The van der Waals surface area contributed by atoms with Crippen LogP contribution in [0.3, 0.4) is 0 Å². The number of amides is 1. The van der Waals surface area contributed by atoms with Crippen LogP contribution in [0.25, 0.3) is 0 Å². The lowest BCUT2D eigenvalue weighted by Gasteiger charge is -2.15. The van der Waals surface area contributed by atoms with E-state index in [1.807, 2.05) is 19.9 Å². The molecule has 0 bridgehead atoms. The second kappa shape index (κ2) is 8.26. The van der Waals surface area contributed by atoms with E-state index in [0.29, 0.717) is 12.5 Å². The van der Waals surface area contributed by atoms with Crippen molar-refractivity contribution in [1.29, 1.82) is 0 Å². The van der Waals surface area contributed by atoms with Crippen molar-refractivity contribution in [2.24, 2.45) is 5.92 Å². The molecule has 2 rings (SSSR count). The van der Waals surface area contributed by atoms with Gasteiger partial charge in [-0.2, -0.15) is 0 Å². The van der Waals surface area contributed by atoms with Crippen molar-refractivity contribution in [3.05, 3.63) is 33.7 Å². The summed E-state index contributed by atoms with van der Waals surface area (Å²) in [5.41, 5.74) is 0.710. The molecule has 23 heavy (non-hydrogen) atoms. The number of carbonyl (C=O) groups excluding carboxylic acids is 1. The number of aromatic nitrogens is 1. The quantitative estimate of drug-likeness (QED) is 0.791. The van der Waals surface area contributed by atoms with Crippen LogP contribution < -0.4 is 10.9 Å². The van der Waals surface area contributed by atoms with E-state index in [4.69, 9.17) is 4.74 Å². The van der Waals surface area contributed by atoms with Crippen molar-refractivity contribution in [2.75, 3.05) is 39.9 Å². The molecule has 0 unspecified atom stereocenters. The highest BCUT2D eigenvalue weighted by Crippen LogP contribution is 2.15. The number of nitrogens with one attached hydrogen (secondary N) is 2. The molecule has 0 aromatic carbocycles. The number of ether oxygens (including phenoxy) is 1. The number of carbonyl (C=O) groups is 1. The molecule has 1 aliphatic heterocycles. The average molecular weight is 321 g/mol. The molecule has 128 valence electrons. The van der Waals surface area contributed by atoms with E-state index < -0.39 is 0 Å². The van der Waals surface area contributed by atoms with Gasteiger partial charge in [0.1, 0.15) is 5.56 Å². The summed E-state index contributed by atoms with van der Waals surface area (Å²) in [5, 5.41) is 2.89. The lowest BCUT2D eigenvalue weighted by molar-refractivity contribution is 0.0945. The van der Waals surface area contributed by atoms with Crippen LogP contribution in [0, 0.1) is 5.92 Å². The van der Waals surface area contributed by atoms with E-state index in [1.165, 1.54) is 0 Å². The highest BCUT2D eigenvalue weighted by Gasteiger charge is 2.23. The van der Waals surface area contributed by atoms with Gasteiger partial charge in [0.2, 0.25) is 0 Å². The van der Waals surface area contributed by atoms with Crippen LogP contribution in [0.15, 0.2) is 16.9 Å². The Labute approximate surface area is 137 Å². The lowest BCUT2D eigenvalue weighted by Crippen LogP contribution is -2.34. The van der Waals surface area contributed by atoms with E-state index >= 15 is 0 Å². The second-order valence-corrected chi connectivity index (χ2v) is 6.47. The zero-order chi connectivity index (χ0) is 16.8. The largest absolute Gasteiger partial charge is 0.383 e. The molecule has 0 radical (unpaired) electrons. The first-order valence-electron chi connectivity index (χ1n) is 8.24. The Hall–Kier alpha value is -1.66. The summed E-state index contributed by atoms with van der Waals surface area (Å²) in [4.78, 5) is 29.3. The molecular formula is C17H27N3O3. The molecule has 1 aromatic rings. The standard InChI is InChI=1S/C17H27N3O3/c1-12(2)15-5-4-14(17(22)19-15)16(21)18-10-13-6-7-20(11-13)8-9-23-3/h4-5,12-13H,6-11H2,1-3H3,(H,18,21)(H,19,22)/t13-/m0/s1. The summed E-state index contributed by atoms with van der Waals surface area (Å²) < 4.78 is 5.08. The topological polar surface area (TPSA) is 74.4 Å². The van der Waals surface area contributed by atoms with Gasteiger partial charge in [-0.3, -0.25) is 9.59 Å². The SMILES string of the molecule is COCCN1CC[C@@H](CNC(=O)c2ccc(C(C)C)[nH]c2=O)C1. The summed E-state index contributed by atoms with van der Waals surface area (Å²) >= 11 is 0. The fraction of sp³-hybridized carbons (Fsp3) is 0.647. The van der Waals surface area contributed by atoms with E-state index in [0.717, 1.165) is 38.4 Å². The molecule has 0 saturated carbocycles. The van der Waals surface area contributed by atoms with Crippen LogP contribution in [-0.4, -0.2) is 55.7 Å². The van der Waals surface area contributed by atoms with Gasteiger partial charge in [-0.1, -0.05) is 13.8 Å². The van der Waals surface area contributed by atoms with Crippen LogP contribution in [0.2, 0.25) is 0 Å². The van der Waals surface area contributed by atoms with E-state index in [1.54, 1.807) is 13.2 Å². The Morgan fingerprint density at radius 2 is 2.26 bits per heavy atom. The van der Waals surface area contributed by atoms with Gasteiger partial charge in [-0.05, 0) is 36.9 Å². The van der Waals surface area contributed by atoms with E-state index in [-0.39, 0.29) is 22.9 Å². The number of hydrogen-bond donors (Lipinski definition) is 2. The third-order valence-electron chi connectivity index (χ3n) is 4.33. The molecule has 0 aliphatic carbocycles. The maximum absolute atomic E-state index is 12.2. The molecule has 1 saturated heterocycles. The predicted octanol–water partition coefficient (Wildman–Crippen LogP) is 1.20. The smallest absolute Gasteiger partial charge is 0.261 e. The first-order chi connectivity index (χ1) is 11.0. The normalized spacial score (nSPS) is 18.5. The number of pyridine rings is 1. The van der Waals surface area contributed by atoms with E-state index in [9.17, 15) is 9.59 Å². The van der Waals surface area contributed by atoms with Crippen LogP contribution >= 0.6 is 0 Å². The number of aromatic amines is 1. The van der Waals surface area contributed by atoms with Gasteiger partial charge < -0.3 is 19.9 Å². The fourth-order valence-corrected chi connectivity index (χ4v) is 2.84. The van der Waals surface area contributed by atoms with Crippen molar-refractivity contribution in [2.45, 2.75) is 26.2 Å². The maximum atomic E-state index is 12.2. The minimum Gasteiger partial charge on any atom is -0.383 e. The molecular weight excluding hydrogens is 294 g/mol. The van der Waals surface area contributed by atoms with Crippen LogP contribution in [0.4, 0.5) is 0 Å². The van der Waals surface area contributed by atoms with Gasteiger partial charge in [0.15, 0.2) is 0 Å². The Balaban J connectivity index is 1.85. The molecule has 2 N–H and O–H groups in total. The van der Waals surface area contributed by atoms with E-state index in [2.05, 4.69) is 15.2 Å². The predicted molar refractivity (Wildman–Crippen MR) is 89.9 cm³/mol. The number of H-pyrrole nitrogens is 1. The molecule has 2 heterocycles. The molecule has 6 nitrogen and oxygen atoms in total. The summed E-state index contributed by atoms with van der Waals surface area (Å²) in [7, 11) is 1.70. The minimum absolute atomic E-state index is 0.184. The van der Waals surface area contributed by atoms with Crippen molar-refractivity contribution in [1.82, 2.24) is 15.2 Å².